The first-order valence-electron chi connectivity index (χ1n) is 7.68. The van der Waals surface area contributed by atoms with Gasteiger partial charge in [-0.25, -0.2) is 4.79 Å². The average molecular weight is 355 g/mol. The third-order valence-electron chi connectivity index (χ3n) is 3.67. The Labute approximate surface area is 144 Å². The van der Waals surface area contributed by atoms with Crippen molar-refractivity contribution >= 4 is 12.1 Å². The van der Waals surface area contributed by atoms with E-state index in [1.54, 1.807) is 24.3 Å². The molecule has 1 aromatic carbocycles. The van der Waals surface area contributed by atoms with Crippen LogP contribution in [-0.4, -0.2) is 64.6 Å². The van der Waals surface area contributed by atoms with E-state index in [0.717, 1.165) is 5.56 Å². The van der Waals surface area contributed by atoms with Gasteiger partial charge in [0.1, 0.15) is 37.6 Å². The number of carbonyl (C=O) groups is 2. The molecule has 1 saturated heterocycles. The van der Waals surface area contributed by atoms with Crippen LogP contribution >= 0.6 is 0 Å². The maximum atomic E-state index is 11.8. The number of hydrogen-bond donors (Lipinski definition) is 4. The third-order valence-corrected chi connectivity index (χ3v) is 3.67. The number of amides is 1. The fourth-order valence-electron chi connectivity index (χ4n) is 2.34. The highest BCUT2D eigenvalue weighted by Gasteiger charge is 2.45. The molecule has 9 heteroatoms. The Morgan fingerprint density at radius 2 is 1.80 bits per heavy atom. The van der Waals surface area contributed by atoms with Crippen LogP contribution in [-0.2, 0) is 25.6 Å². The third kappa shape index (κ3) is 5.40. The minimum Gasteiger partial charge on any atom is -0.463 e. The summed E-state index contributed by atoms with van der Waals surface area (Å²) in [5, 5.41) is 32.2. The second-order valence-corrected chi connectivity index (χ2v) is 5.58. The van der Waals surface area contributed by atoms with Gasteiger partial charge in [-0.1, -0.05) is 30.3 Å². The maximum absolute atomic E-state index is 11.8. The van der Waals surface area contributed by atoms with Gasteiger partial charge in [-0.05, 0) is 5.56 Å². The number of esters is 1. The average Bonchev–Trinajstić information content (AvgIpc) is 2.59. The molecule has 0 aromatic heterocycles. The molecular formula is C16H21NO8. The van der Waals surface area contributed by atoms with Gasteiger partial charge in [-0.3, -0.25) is 4.79 Å². The molecule has 1 aliphatic rings. The Morgan fingerprint density at radius 3 is 2.44 bits per heavy atom. The van der Waals surface area contributed by atoms with Gasteiger partial charge in [-0.2, -0.15) is 0 Å². The summed E-state index contributed by atoms with van der Waals surface area (Å²) < 4.78 is 14.8. The number of rotatable bonds is 5. The lowest BCUT2D eigenvalue weighted by molar-refractivity contribution is -0.254. The zero-order valence-corrected chi connectivity index (χ0v) is 13.6. The van der Waals surface area contributed by atoms with E-state index in [2.05, 4.69) is 5.32 Å². The van der Waals surface area contributed by atoms with Crippen molar-refractivity contribution in [3.05, 3.63) is 35.9 Å². The molecule has 2 rings (SSSR count). The zero-order chi connectivity index (χ0) is 18.4. The summed E-state index contributed by atoms with van der Waals surface area (Å²) in [6.45, 7) is 0.842. The number of nitrogens with one attached hydrogen (secondary N) is 1. The molecule has 1 fully saturated rings. The van der Waals surface area contributed by atoms with Crippen molar-refractivity contribution in [3.8, 4) is 0 Å². The highest BCUT2D eigenvalue weighted by Crippen LogP contribution is 2.20. The summed E-state index contributed by atoms with van der Waals surface area (Å²) in [6.07, 6.45) is -6.62. The summed E-state index contributed by atoms with van der Waals surface area (Å²) in [5.74, 6) is -0.593. The minimum absolute atomic E-state index is 0.00404. The van der Waals surface area contributed by atoms with Crippen LogP contribution < -0.4 is 5.32 Å². The molecule has 25 heavy (non-hydrogen) atoms. The van der Waals surface area contributed by atoms with Crippen molar-refractivity contribution in [1.29, 1.82) is 0 Å². The molecule has 1 heterocycles. The van der Waals surface area contributed by atoms with Gasteiger partial charge in [0.2, 0.25) is 0 Å². The first kappa shape index (κ1) is 19.1. The van der Waals surface area contributed by atoms with Crippen LogP contribution in [0.3, 0.4) is 0 Å². The quantitative estimate of drug-likeness (QED) is 0.509. The van der Waals surface area contributed by atoms with Crippen molar-refractivity contribution in [1.82, 2.24) is 5.32 Å². The first-order valence-corrected chi connectivity index (χ1v) is 7.68. The predicted octanol–water partition coefficient (Wildman–Crippen LogP) is -0.717. The van der Waals surface area contributed by atoms with Gasteiger partial charge in [0.05, 0.1) is 0 Å². The zero-order valence-electron chi connectivity index (χ0n) is 13.6. The first-order chi connectivity index (χ1) is 11.9. The Bertz CT molecular complexity index is 581. The lowest BCUT2D eigenvalue weighted by atomic mass is 9.97. The van der Waals surface area contributed by atoms with Crippen LogP contribution in [0.15, 0.2) is 30.3 Å². The van der Waals surface area contributed by atoms with E-state index in [9.17, 15) is 24.9 Å². The number of aliphatic hydroxyl groups is 3. The van der Waals surface area contributed by atoms with Crippen LogP contribution in [0, 0.1) is 0 Å². The van der Waals surface area contributed by atoms with Crippen molar-refractivity contribution in [2.75, 3.05) is 6.61 Å². The normalized spacial score (nSPS) is 28.9. The van der Waals surface area contributed by atoms with Gasteiger partial charge in [-0.15, -0.1) is 0 Å². The lowest BCUT2D eigenvalue weighted by Gasteiger charge is -2.40. The summed E-state index contributed by atoms with van der Waals surface area (Å²) in [6, 6.07) is 7.64. The van der Waals surface area contributed by atoms with Crippen molar-refractivity contribution in [2.24, 2.45) is 0 Å². The molecule has 4 N–H and O–H groups in total. The Balaban J connectivity index is 1.86. The maximum Gasteiger partial charge on any atom is 0.407 e. The molecule has 0 aliphatic carbocycles. The Morgan fingerprint density at radius 1 is 1.12 bits per heavy atom. The van der Waals surface area contributed by atoms with Gasteiger partial charge >= 0.3 is 12.1 Å². The number of carbonyl (C=O) groups excluding carboxylic acids is 2. The van der Waals surface area contributed by atoms with Crippen LogP contribution in [0.5, 0.6) is 0 Å². The molecule has 1 amide bonds. The number of hydrogen-bond acceptors (Lipinski definition) is 8. The minimum atomic E-state index is -1.61. The Hall–Kier alpha value is -2.20. The van der Waals surface area contributed by atoms with Crippen molar-refractivity contribution < 1.29 is 39.1 Å². The molecule has 138 valence electrons. The number of ether oxygens (including phenoxy) is 3. The lowest BCUT2D eigenvalue weighted by Crippen LogP contribution is -2.64. The van der Waals surface area contributed by atoms with Gasteiger partial charge < -0.3 is 34.8 Å². The summed E-state index contributed by atoms with van der Waals surface area (Å²) in [4.78, 5) is 22.6. The molecule has 1 aliphatic heterocycles. The second-order valence-electron chi connectivity index (χ2n) is 5.58. The van der Waals surface area contributed by atoms with Crippen LogP contribution in [0.4, 0.5) is 4.79 Å². The van der Waals surface area contributed by atoms with Crippen LogP contribution in [0.25, 0.3) is 0 Å². The molecular weight excluding hydrogens is 334 g/mol. The molecule has 5 atom stereocenters. The molecule has 0 radical (unpaired) electrons. The smallest absolute Gasteiger partial charge is 0.407 e. The fourth-order valence-corrected chi connectivity index (χ4v) is 2.34. The molecule has 0 saturated carbocycles. The van der Waals surface area contributed by atoms with E-state index in [4.69, 9.17) is 14.2 Å². The summed E-state index contributed by atoms with van der Waals surface area (Å²) in [7, 11) is 0. The van der Waals surface area contributed by atoms with E-state index in [1.165, 1.54) is 6.92 Å². The van der Waals surface area contributed by atoms with Crippen molar-refractivity contribution in [3.63, 3.8) is 0 Å². The predicted molar refractivity (Wildman–Crippen MR) is 83.1 cm³/mol. The number of alkyl carbamates (subject to hydrolysis) is 1. The molecule has 0 spiro atoms. The fraction of sp³-hybridized carbons (Fsp3) is 0.500. The van der Waals surface area contributed by atoms with E-state index < -0.39 is 42.7 Å². The topological polar surface area (TPSA) is 135 Å². The standard InChI is InChI=1S/C16H21NO8/c1-9(18)23-8-11-13(19)14(20)12(15(21)25-11)17-16(22)24-7-10-5-3-2-4-6-10/h2-6,11-15,19-21H,7-8H2,1H3,(H,17,22)/t11-,12-,13-,14-,15+/m1/s1. The van der Waals surface area contributed by atoms with E-state index in [1.807, 2.05) is 6.07 Å². The van der Waals surface area contributed by atoms with Crippen LogP contribution in [0.2, 0.25) is 0 Å². The largest absolute Gasteiger partial charge is 0.463 e. The SMILES string of the molecule is CC(=O)OC[C@H]1O[C@H](O)[C@H](NC(=O)OCc2ccccc2)[C@@H](O)[C@@H]1O. The van der Waals surface area contributed by atoms with Crippen LogP contribution in [0.1, 0.15) is 12.5 Å². The van der Waals surface area contributed by atoms with E-state index in [-0.39, 0.29) is 13.2 Å². The Kier molecular flexibility index (Phi) is 6.71. The van der Waals surface area contributed by atoms with Gasteiger partial charge in [0.15, 0.2) is 6.29 Å². The molecule has 0 bridgehead atoms. The van der Waals surface area contributed by atoms with Crippen molar-refractivity contribution in [2.45, 2.75) is 44.2 Å². The molecule has 9 nitrogen and oxygen atoms in total. The highest BCUT2D eigenvalue weighted by atomic mass is 16.6. The summed E-state index contributed by atoms with van der Waals surface area (Å²) in [5.41, 5.74) is 0.764. The number of benzene rings is 1. The van der Waals surface area contributed by atoms with E-state index in [0.29, 0.717) is 0 Å². The monoisotopic (exact) mass is 355 g/mol. The number of aliphatic hydroxyl groups excluding tert-OH is 3. The molecule has 0 unspecified atom stereocenters. The molecule has 1 aromatic rings. The highest BCUT2D eigenvalue weighted by molar-refractivity contribution is 5.68. The summed E-state index contributed by atoms with van der Waals surface area (Å²) >= 11 is 0. The van der Waals surface area contributed by atoms with Gasteiger partial charge in [0.25, 0.3) is 0 Å². The van der Waals surface area contributed by atoms with Gasteiger partial charge in [0, 0.05) is 6.92 Å². The van der Waals surface area contributed by atoms with E-state index >= 15 is 0 Å². The second kappa shape index (κ2) is 8.77.